The van der Waals surface area contributed by atoms with Gasteiger partial charge in [-0.05, 0) is 80.3 Å². The molecule has 4 aromatic carbocycles. The van der Waals surface area contributed by atoms with Crippen molar-refractivity contribution in [2.75, 3.05) is 19.8 Å². The first kappa shape index (κ1) is 36.8. The van der Waals surface area contributed by atoms with E-state index in [1.54, 1.807) is 12.1 Å². The molecule has 1 aliphatic heterocycles. The number of rotatable bonds is 15. The SMILES string of the molecule is CC(C)(C)OC(=O)CC[C@]1(C(=O)NNCC(c2ccccc2)c2ccccc2)N=C(c2ccc(OCCCO)cc2)O[C@H]1c1ccc(Br)cc1. The third-order valence-corrected chi connectivity index (χ3v) is 8.77. The molecule has 0 aromatic heterocycles. The lowest BCUT2D eigenvalue weighted by atomic mass is 9.83. The molecule has 1 heterocycles. The second-order valence-electron chi connectivity index (χ2n) is 13.1. The number of esters is 1. The molecule has 9 nitrogen and oxygen atoms in total. The van der Waals surface area contributed by atoms with Gasteiger partial charge in [0.25, 0.3) is 5.91 Å². The van der Waals surface area contributed by atoms with Crippen LogP contribution in [0.1, 0.15) is 74.3 Å². The summed E-state index contributed by atoms with van der Waals surface area (Å²) in [5.74, 6) is -0.0173. The number of amides is 1. The van der Waals surface area contributed by atoms with Crippen molar-refractivity contribution in [1.29, 1.82) is 0 Å². The van der Waals surface area contributed by atoms with Gasteiger partial charge in [0.1, 0.15) is 11.4 Å². The van der Waals surface area contributed by atoms with E-state index >= 15 is 0 Å². The standard InChI is InChI=1S/C40H44BrN3O6/c1-39(2,3)50-35(46)23-24-40(38(47)44-42-27-34(28-11-6-4-7-12-28)29-13-8-5-9-14-29)36(30-15-19-32(41)20-16-30)49-37(43-40)31-17-21-33(22-18-31)48-26-10-25-45/h4-9,11-22,34,36,42,45H,10,23-27H2,1-3H3,(H,44,47)/t36-,40-/m0/s1. The molecule has 1 aliphatic rings. The number of aliphatic imine (C=N–C) groups is 1. The molecule has 10 heteroatoms. The maximum Gasteiger partial charge on any atom is 0.306 e. The predicted octanol–water partition coefficient (Wildman–Crippen LogP) is 7.04. The van der Waals surface area contributed by atoms with Gasteiger partial charge in [0.15, 0.2) is 11.6 Å². The molecule has 0 saturated carbocycles. The highest BCUT2D eigenvalue weighted by molar-refractivity contribution is 9.10. The maximum absolute atomic E-state index is 14.6. The molecule has 1 amide bonds. The summed E-state index contributed by atoms with van der Waals surface area (Å²) in [6.07, 6.45) is -0.364. The average Bonchev–Trinajstić information content (AvgIpc) is 3.51. The van der Waals surface area contributed by atoms with Crippen molar-refractivity contribution in [3.05, 3.63) is 136 Å². The highest BCUT2D eigenvalue weighted by Crippen LogP contribution is 2.43. The van der Waals surface area contributed by atoms with Crippen molar-refractivity contribution < 1.29 is 28.9 Å². The number of nitrogens with zero attached hydrogens (tertiary/aromatic N) is 1. The lowest BCUT2D eigenvalue weighted by Gasteiger charge is -2.31. The minimum atomic E-state index is -1.53. The van der Waals surface area contributed by atoms with Crippen LogP contribution >= 0.6 is 15.9 Å². The van der Waals surface area contributed by atoms with Gasteiger partial charge in [-0.3, -0.25) is 15.0 Å². The summed E-state index contributed by atoms with van der Waals surface area (Å²) in [5.41, 5.74) is 7.49. The van der Waals surface area contributed by atoms with Gasteiger partial charge in [-0.2, -0.15) is 0 Å². The van der Waals surface area contributed by atoms with Gasteiger partial charge in [0, 0.05) is 41.9 Å². The van der Waals surface area contributed by atoms with Crippen LogP contribution in [0.2, 0.25) is 0 Å². The lowest BCUT2D eigenvalue weighted by Crippen LogP contribution is -2.53. The van der Waals surface area contributed by atoms with Gasteiger partial charge in [0.2, 0.25) is 5.90 Å². The van der Waals surface area contributed by atoms with Crippen LogP contribution in [-0.4, -0.2) is 53.8 Å². The largest absolute Gasteiger partial charge is 0.494 e. The van der Waals surface area contributed by atoms with E-state index in [0.29, 0.717) is 30.9 Å². The second kappa shape index (κ2) is 16.9. The average molecular weight is 743 g/mol. The zero-order valence-electron chi connectivity index (χ0n) is 28.6. The highest BCUT2D eigenvalue weighted by atomic mass is 79.9. The van der Waals surface area contributed by atoms with Crippen molar-refractivity contribution >= 4 is 33.7 Å². The number of aliphatic hydroxyl groups excluding tert-OH is 1. The molecule has 262 valence electrons. The first-order chi connectivity index (χ1) is 24.1. The monoisotopic (exact) mass is 741 g/mol. The molecule has 4 aromatic rings. The summed E-state index contributed by atoms with van der Waals surface area (Å²) >= 11 is 3.51. The molecule has 2 atom stereocenters. The van der Waals surface area contributed by atoms with Crippen molar-refractivity contribution in [1.82, 2.24) is 10.9 Å². The number of aliphatic hydroxyl groups is 1. The Kier molecular flexibility index (Phi) is 12.5. The summed E-state index contributed by atoms with van der Waals surface area (Å²) in [7, 11) is 0. The number of halogens is 1. The van der Waals surface area contributed by atoms with Crippen molar-refractivity contribution in [3.8, 4) is 5.75 Å². The van der Waals surface area contributed by atoms with E-state index in [-0.39, 0.29) is 31.3 Å². The number of carbonyl (C=O) groups is 2. The van der Waals surface area contributed by atoms with Crippen LogP contribution in [0.5, 0.6) is 5.75 Å². The van der Waals surface area contributed by atoms with Crippen LogP contribution in [-0.2, 0) is 19.1 Å². The lowest BCUT2D eigenvalue weighted by molar-refractivity contribution is -0.155. The molecular weight excluding hydrogens is 698 g/mol. The summed E-state index contributed by atoms with van der Waals surface area (Å²) in [5, 5.41) is 9.10. The Hall–Kier alpha value is -4.51. The number of hydrazine groups is 1. The molecule has 0 fully saturated rings. The Morgan fingerprint density at radius 3 is 2.12 bits per heavy atom. The predicted molar refractivity (Wildman–Crippen MR) is 197 cm³/mol. The third-order valence-electron chi connectivity index (χ3n) is 8.24. The van der Waals surface area contributed by atoms with Crippen molar-refractivity contribution in [2.24, 2.45) is 4.99 Å². The molecule has 0 saturated heterocycles. The quantitative estimate of drug-likeness (QED) is 0.0680. The fourth-order valence-electron chi connectivity index (χ4n) is 5.83. The van der Waals surface area contributed by atoms with Gasteiger partial charge in [-0.15, -0.1) is 0 Å². The van der Waals surface area contributed by atoms with E-state index in [1.807, 2.05) is 93.6 Å². The van der Waals surface area contributed by atoms with E-state index in [9.17, 15) is 9.59 Å². The Balaban J connectivity index is 1.47. The third kappa shape index (κ3) is 9.59. The molecule has 0 spiro atoms. The molecule has 50 heavy (non-hydrogen) atoms. The minimum Gasteiger partial charge on any atom is -0.494 e. The molecule has 0 radical (unpaired) electrons. The summed E-state index contributed by atoms with van der Waals surface area (Å²) < 4.78 is 18.8. The summed E-state index contributed by atoms with van der Waals surface area (Å²) in [6.45, 7) is 6.26. The van der Waals surface area contributed by atoms with Crippen LogP contribution in [0.15, 0.2) is 119 Å². The second-order valence-corrected chi connectivity index (χ2v) is 14.1. The Morgan fingerprint density at radius 1 is 0.920 bits per heavy atom. The maximum atomic E-state index is 14.6. The van der Waals surface area contributed by atoms with Gasteiger partial charge < -0.3 is 19.3 Å². The fraction of sp³-hybridized carbons (Fsp3) is 0.325. The Bertz CT molecular complexity index is 1690. The van der Waals surface area contributed by atoms with Gasteiger partial charge in [-0.25, -0.2) is 10.4 Å². The molecule has 0 bridgehead atoms. The molecule has 5 rings (SSSR count). The number of hydrogen-bond acceptors (Lipinski definition) is 8. The molecule has 0 unspecified atom stereocenters. The normalized spacial score (nSPS) is 17.2. The smallest absolute Gasteiger partial charge is 0.306 e. The van der Waals surface area contributed by atoms with E-state index in [2.05, 4.69) is 51.0 Å². The van der Waals surface area contributed by atoms with E-state index in [1.165, 1.54) is 0 Å². The van der Waals surface area contributed by atoms with Crippen molar-refractivity contribution in [3.63, 3.8) is 0 Å². The van der Waals surface area contributed by atoms with E-state index < -0.39 is 29.1 Å². The summed E-state index contributed by atoms with van der Waals surface area (Å²) in [6, 6.07) is 35.0. The molecule has 3 N–H and O–H groups in total. The van der Waals surface area contributed by atoms with Crippen LogP contribution < -0.4 is 15.6 Å². The first-order valence-electron chi connectivity index (χ1n) is 16.8. The van der Waals surface area contributed by atoms with Crippen LogP contribution in [0.25, 0.3) is 0 Å². The number of hydrogen-bond donors (Lipinski definition) is 3. The Morgan fingerprint density at radius 2 is 1.54 bits per heavy atom. The number of ether oxygens (including phenoxy) is 3. The van der Waals surface area contributed by atoms with Gasteiger partial charge in [0.05, 0.1) is 6.61 Å². The zero-order chi connectivity index (χ0) is 35.6. The molecule has 0 aliphatic carbocycles. The number of nitrogens with one attached hydrogen (secondary N) is 2. The van der Waals surface area contributed by atoms with E-state index in [4.69, 9.17) is 24.3 Å². The van der Waals surface area contributed by atoms with Crippen molar-refractivity contribution in [2.45, 2.75) is 63.2 Å². The minimum absolute atomic E-state index is 0.0306. The molecular formula is C40H44BrN3O6. The number of carbonyl (C=O) groups excluding carboxylic acids is 2. The van der Waals surface area contributed by atoms with Crippen LogP contribution in [0, 0.1) is 0 Å². The summed E-state index contributed by atoms with van der Waals surface area (Å²) in [4.78, 5) is 32.7. The fourth-order valence-corrected chi connectivity index (χ4v) is 6.10. The zero-order valence-corrected chi connectivity index (χ0v) is 30.2. The van der Waals surface area contributed by atoms with Crippen LogP contribution in [0.4, 0.5) is 0 Å². The van der Waals surface area contributed by atoms with Gasteiger partial charge >= 0.3 is 5.97 Å². The highest BCUT2D eigenvalue weighted by Gasteiger charge is 2.53. The topological polar surface area (TPSA) is 118 Å². The number of benzene rings is 4. The van der Waals surface area contributed by atoms with Crippen LogP contribution in [0.3, 0.4) is 0 Å². The first-order valence-corrected chi connectivity index (χ1v) is 17.6. The van der Waals surface area contributed by atoms with E-state index in [0.717, 1.165) is 21.2 Å². The van der Waals surface area contributed by atoms with Gasteiger partial charge in [-0.1, -0.05) is 88.7 Å². The Labute approximate surface area is 302 Å².